The number of rotatable bonds is 1. The maximum absolute atomic E-state index is 6.25. The Kier molecular flexibility index (Phi) is 3.05. The van der Waals surface area contributed by atoms with Crippen molar-refractivity contribution in [1.29, 1.82) is 0 Å². The van der Waals surface area contributed by atoms with E-state index in [0.717, 1.165) is 35.1 Å². The molecule has 0 radical (unpaired) electrons. The molecule has 0 saturated heterocycles. The van der Waals surface area contributed by atoms with E-state index in [0.29, 0.717) is 0 Å². The molecule has 1 aromatic carbocycles. The van der Waals surface area contributed by atoms with Crippen molar-refractivity contribution in [2.45, 2.75) is 39.5 Å². The predicted molar refractivity (Wildman–Crippen MR) is 84.2 cm³/mol. The Morgan fingerprint density at radius 1 is 1.30 bits per heavy atom. The van der Waals surface area contributed by atoms with Gasteiger partial charge in [-0.2, -0.15) is 5.10 Å². The average Bonchev–Trinajstić information content (AvgIpc) is 2.92. The van der Waals surface area contributed by atoms with Crippen LogP contribution in [-0.4, -0.2) is 16.3 Å². The minimum absolute atomic E-state index is 0.0514. The Morgan fingerprint density at radius 3 is 2.70 bits per heavy atom. The molecule has 1 aliphatic rings. The summed E-state index contributed by atoms with van der Waals surface area (Å²) >= 11 is 6.25. The summed E-state index contributed by atoms with van der Waals surface area (Å²) in [4.78, 5) is 0. The molecule has 0 bridgehead atoms. The summed E-state index contributed by atoms with van der Waals surface area (Å²) in [6.07, 6.45) is 1.04. The molecule has 3 rings (SSSR count). The number of nitrogens with zero attached hydrogens (tertiary/aromatic N) is 2. The van der Waals surface area contributed by atoms with Crippen LogP contribution in [0.1, 0.15) is 37.6 Å². The van der Waals surface area contributed by atoms with Crippen molar-refractivity contribution in [2.24, 2.45) is 0 Å². The third-order valence-corrected chi connectivity index (χ3v) is 4.17. The number of nitrogens with one attached hydrogen (secondary N) is 1. The van der Waals surface area contributed by atoms with E-state index in [-0.39, 0.29) is 5.41 Å². The first-order chi connectivity index (χ1) is 9.38. The minimum Gasteiger partial charge on any atom is -0.369 e. The zero-order chi connectivity index (χ0) is 14.5. The van der Waals surface area contributed by atoms with Crippen LogP contribution in [0, 0.1) is 6.92 Å². The van der Waals surface area contributed by atoms with E-state index in [1.165, 1.54) is 11.3 Å². The molecule has 0 unspecified atom stereocenters. The first-order valence-corrected chi connectivity index (χ1v) is 7.38. The van der Waals surface area contributed by atoms with E-state index in [4.69, 9.17) is 16.7 Å². The fourth-order valence-corrected chi connectivity index (χ4v) is 2.85. The van der Waals surface area contributed by atoms with Crippen LogP contribution in [0.3, 0.4) is 0 Å². The number of hydrogen-bond acceptors (Lipinski definition) is 2. The van der Waals surface area contributed by atoms with Crippen molar-refractivity contribution >= 4 is 17.4 Å². The molecule has 3 nitrogen and oxygen atoms in total. The summed E-state index contributed by atoms with van der Waals surface area (Å²) in [7, 11) is 0. The summed E-state index contributed by atoms with van der Waals surface area (Å²) in [5.41, 5.74) is 4.67. The summed E-state index contributed by atoms with van der Waals surface area (Å²) in [6, 6.07) is 6.09. The van der Waals surface area contributed by atoms with E-state index in [1.54, 1.807) is 0 Å². The van der Waals surface area contributed by atoms with Crippen molar-refractivity contribution in [3.05, 3.63) is 40.0 Å². The molecule has 1 aliphatic heterocycles. The van der Waals surface area contributed by atoms with Gasteiger partial charge in [-0.1, -0.05) is 38.4 Å². The van der Waals surface area contributed by atoms with E-state index in [9.17, 15) is 0 Å². The quantitative estimate of drug-likeness (QED) is 0.856. The number of aromatic nitrogens is 2. The highest BCUT2D eigenvalue weighted by molar-refractivity contribution is 6.31. The molecule has 0 saturated carbocycles. The predicted octanol–water partition coefficient (Wildman–Crippen LogP) is 4.10. The largest absolute Gasteiger partial charge is 0.369 e. The SMILES string of the molecule is Cc1ccc(-n2nc(C(C)(C)C)c3c2NCC3)cc1Cl. The zero-order valence-corrected chi connectivity index (χ0v) is 13.2. The Labute approximate surface area is 124 Å². The molecule has 1 N–H and O–H groups in total. The average molecular weight is 290 g/mol. The molecule has 0 amide bonds. The third-order valence-electron chi connectivity index (χ3n) is 3.76. The van der Waals surface area contributed by atoms with Crippen LogP contribution in [0.2, 0.25) is 5.02 Å². The minimum atomic E-state index is 0.0514. The first kappa shape index (κ1) is 13.5. The summed E-state index contributed by atoms with van der Waals surface area (Å²) < 4.78 is 1.99. The molecule has 2 heterocycles. The van der Waals surface area contributed by atoms with Crippen molar-refractivity contribution in [1.82, 2.24) is 9.78 Å². The molecule has 0 spiro atoms. The van der Waals surface area contributed by atoms with E-state index < -0.39 is 0 Å². The standard InChI is InChI=1S/C16H20ClN3/c1-10-5-6-11(9-13(10)17)20-15-12(7-8-18-15)14(19-20)16(2,3)4/h5-6,9,18H,7-8H2,1-4H3. The number of anilines is 1. The fourth-order valence-electron chi connectivity index (χ4n) is 2.68. The number of hydrogen-bond donors (Lipinski definition) is 1. The normalized spacial score (nSPS) is 14.2. The van der Waals surface area contributed by atoms with Gasteiger partial charge in [-0.05, 0) is 31.0 Å². The molecule has 0 atom stereocenters. The number of benzene rings is 1. The van der Waals surface area contributed by atoms with Gasteiger partial charge in [-0.15, -0.1) is 0 Å². The molecular formula is C16H20ClN3. The van der Waals surface area contributed by atoms with Gasteiger partial charge in [0.2, 0.25) is 0 Å². The zero-order valence-electron chi connectivity index (χ0n) is 12.4. The van der Waals surface area contributed by atoms with Crippen LogP contribution in [0.25, 0.3) is 5.69 Å². The van der Waals surface area contributed by atoms with E-state index in [2.05, 4.69) is 32.2 Å². The second kappa shape index (κ2) is 4.52. The first-order valence-electron chi connectivity index (χ1n) is 7.00. The third kappa shape index (κ3) is 2.10. The molecule has 1 aromatic heterocycles. The topological polar surface area (TPSA) is 29.9 Å². The lowest BCUT2D eigenvalue weighted by Crippen LogP contribution is -2.15. The van der Waals surface area contributed by atoms with Gasteiger partial charge in [0.15, 0.2) is 0 Å². The van der Waals surface area contributed by atoms with Gasteiger partial charge in [0, 0.05) is 22.5 Å². The van der Waals surface area contributed by atoms with Crippen molar-refractivity contribution in [3.8, 4) is 5.69 Å². The fraction of sp³-hybridized carbons (Fsp3) is 0.438. The maximum atomic E-state index is 6.25. The van der Waals surface area contributed by atoms with Crippen LogP contribution in [0.5, 0.6) is 0 Å². The molecule has 2 aromatic rings. The smallest absolute Gasteiger partial charge is 0.133 e. The lowest BCUT2D eigenvalue weighted by atomic mass is 9.89. The Hall–Kier alpha value is -1.48. The van der Waals surface area contributed by atoms with Gasteiger partial charge in [-0.3, -0.25) is 0 Å². The molecule has 4 heteroatoms. The van der Waals surface area contributed by atoms with Crippen molar-refractivity contribution < 1.29 is 0 Å². The second-order valence-corrected chi connectivity index (χ2v) is 6.86. The Bertz CT molecular complexity index is 665. The highest BCUT2D eigenvalue weighted by atomic mass is 35.5. The number of aryl methyl sites for hydroxylation is 1. The van der Waals surface area contributed by atoms with Crippen LogP contribution in [0.15, 0.2) is 18.2 Å². The van der Waals surface area contributed by atoms with Crippen LogP contribution < -0.4 is 5.32 Å². The summed E-state index contributed by atoms with van der Waals surface area (Å²) in [5.74, 6) is 1.12. The number of halogens is 1. The summed E-state index contributed by atoms with van der Waals surface area (Å²) in [6.45, 7) is 9.62. The van der Waals surface area contributed by atoms with Gasteiger partial charge in [0.25, 0.3) is 0 Å². The van der Waals surface area contributed by atoms with Crippen LogP contribution in [0.4, 0.5) is 5.82 Å². The van der Waals surface area contributed by atoms with Gasteiger partial charge < -0.3 is 5.32 Å². The summed E-state index contributed by atoms with van der Waals surface area (Å²) in [5, 5.41) is 9.07. The van der Waals surface area contributed by atoms with Gasteiger partial charge in [-0.25, -0.2) is 4.68 Å². The van der Waals surface area contributed by atoms with Gasteiger partial charge in [0.1, 0.15) is 5.82 Å². The highest BCUT2D eigenvalue weighted by Gasteiger charge is 2.29. The van der Waals surface area contributed by atoms with Crippen LogP contribution >= 0.6 is 11.6 Å². The van der Waals surface area contributed by atoms with E-state index >= 15 is 0 Å². The maximum Gasteiger partial charge on any atom is 0.133 e. The van der Waals surface area contributed by atoms with Crippen molar-refractivity contribution in [2.75, 3.05) is 11.9 Å². The number of fused-ring (bicyclic) bond motifs is 1. The lowest BCUT2D eigenvalue weighted by molar-refractivity contribution is 0.554. The van der Waals surface area contributed by atoms with Gasteiger partial charge >= 0.3 is 0 Å². The molecule has 0 fully saturated rings. The Balaban J connectivity index is 2.17. The van der Waals surface area contributed by atoms with Gasteiger partial charge in [0.05, 0.1) is 11.4 Å². The Morgan fingerprint density at radius 2 is 2.05 bits per heavy atom. The lowest BCUT2D eigenvalue weighted by Gasteiger charge is -2.16. The monoisotopic (exact) mass is 289 g/mol. The second-order valence-electron chi connectivity index (χ2n) is 6.45. The van der Waals surface area contributed by atoms with Crippen molar-refractivity contribution in [3.63, 3.8) is 0 Å². The van der Waals surface area contributed by atoms with Crippen LogP contribution in [-0.2, 0) is 11.8 Å². The molecule has 106 valence electrons. The van der Waals surface area contributed by atoms with E-state index in [1.807, 2.05) is 23.7 Å². The molecule has 20 heavy (non-hydrogen) atoms. The molecular weight excluding hydrogens is 270 g/mol. The highest BCUT2D eigenvalue weighted by Crippen LogP contribution is 2.35. The molecule has 0 aliphatic carbocycles.